The Balaban J connectivity index is 2.47. The second-order valence-electron chi connectivity index (χ2n) is 5.04. The number of rotatable bonds is 2. The Kier molecular flexibility index (Phi) is 4.04. The van der Waals surface area contributed by atoms with E-state index >= 15 is 0 Å². The molecule has 2 atom stereocenters. The monoisotopic (exact) mass is 287 g/mol. The van der Waals surface area contributed by atoms with Gasteiger partial charge < -0.3 is 9.64 Å². The molecule has 3 nitrogen and oxygen atoms in total. The van der Waals surface area contributed by atoms with Crippen molar-refractivity contribution >= 4 is 12.0 Å². The first-order valence-corrected chi connectivity index (χ1v) is 6.37. The molecule has 0 saturated carbocycles. The van der Waals surface area contributed by atoms with Crippen LogP contribution in [0.5, 0.6) is 0 Å². The molecule has 0 spiro atoms. The number of carbonyl (C=O) groups excluding carboxylic acids is 1. The molecule has 0 bridgehead atoms. The lowest BCUT2D eigenvalue weighted by atomic mass is 10.0. The Morgan fingerprint density at radius 2 is 2.05 bits per heavy atom. The number of morpholine rings is 1. The van der Waals surface area contributed by atoms with Crippen LogP contribution >= 0.6 is 0 Å². The van der Waals surface area contributed by atoms with Crippen LogP contribution in [0.15, 0.2) is 18.2 Å². The van der Waals surface area contributed by atoms with Gasteiger partial charge in [0.2, 0.25) is 0 Å². The first-order valence-electron chi connectivity index (χ1n) is 6.37. The van der Waals surface area contributed by atoms with Crippen molar-refractivity contribution in [3.8, 4) is 0 Å². The minimum Gasteiger partial charge on any atom is -0.375 e. The van der Waals surface area contributed by atoms with E-state index in [1.54, 1.807) is 4.90 Å². The quantitative estimate of drug-likeness (QED) is 0.783. The molecule has 1 heterocycles. The highest BCUT2D eigenvalue weighted by Crippen LogP contribution is 2.38. The van der Waals surface area contributed by atoms with E-state index < -0.39 is 11.7 Å². The smallest absolute Gasteiger partial charge is 0.375 e. The van der Waals surface area contributed by atoms with Crippen molar-refractivity contribution in [2.45, 2.75) is 32.2 Å². The van der Waals surface area contributed by atoms with Crippen molar-refractivity contribution in [1.29, 1.82) is 0 Å². The molecule has 20 heavy (non-hydrogen) atoms. The fourth-order valence-electron chi connectivity index (χ4n) is 2.34. The van der Waals surface area contributed by atoms with Crippen molar-refractivity contribution in [2.24, 2.45) is 0 Å². The van der Waals surface area contributed by atoms with Crippen LogP contribution in [-0.4, -0.2) is 31.6 Å². The van der Waals surface area contributed by atoms with Gasteiger partial charge in [-0.25, -0.2) is 0 Å². The lowest BCUT2D eigenvalue weighted by Crippen LogP contribution is -2.48. The molecule has 0 radical (unpaired) electrons. The average molecular weight is 287 g/mol. The summed E-state index contributed by atoms with van der Waals surface area (Å²) in [7, 11) is 0. The number of alkyl halides is 3. The zero-order valence-electron chi connectivity index (χ0n) is 11.3. The minimum atomic E-state index is -4.49. The summed E-state index contributed by atoms with van der Waals surface area (Å²) in [6.45, 7) is 4.42. The fourth-order valence-corrected chi connectivity index (χ4v) is 2.34. The first kappa shape index (κ1) is 14.8. The number of nitrogens with zero attached hydrogens (tertiary/aromatic N) is 1. The van der Waals surface area contributed by atoms with Crippen molar-refractivity contribution in [3.05, 3.63) is 29.3 Å². The van der Waals surface area contributed by atoms with Gasteiger partial charge in [-0.05, 0) is 32.0 Å². The molecule has 110 valence electrons. The Morgan fingerprint density at radius 3 is 2.65 bits per heavy atom. The third-order valence-electron chi connectivity index (χ3n) is 3.38. The topological polar surface area (TPSA) is 29.5 Å². The molecule has 0 aliphatic carbocycles. The Bertz CT molecular complexity index is 502. The van der Waals surface area contributed by atoms with E-state index in [1.165, 1.54) is 12.1 Å². The van der Waals surface area contributed by atoms with Crippen molar-refractivity contribution in [2.75, 3.05) is 18.1 Å². The second-order valence-corrected chi connectivity index (χ2v) is 5.04. The van der Waals surface area contributed by atoms with Crippen LogP contribution in [0, 0.1) is 0 Å². The number of carbonyl (C=O) groups is 1. The number of ether oxygens (including phenoxy) is 1. The van der Waals surface area contributed by atoms with Gasteiger partial charge in [0.1, 0.15) is 6.29 Å². The predicted octanol–water partition coefficient (Wildman–Crippen LogP) is 3.13. The van der Waals surface area contributed by atoms with Gasteiger partial charge in [-0.1, -0.05) is 0 Å². The first-order chi connectivity index (χ1) is 9.32. The summed E-state index contributed by atoms with van der Waals surface area (Å²) in [6, 6.07) is 3.52. The summed E-state index contributed by atoms with van der Waals surface area (Å²) in [5, 5.41) is 0. The number of halogens is 3. The summed E-state index contributed by atoms with van der Waals surface area (Å²) in [6.07, 6.45) is -4.20. The molecule has 6 heteroatoms. The molecule has 1 aromatic rings. The fraction of sp³-hybridized carbons (Fsp3) is 0.500. The number of anilines is 1. The van der Waals surface area contributed by atoms with Crippen molar-refractivity contribution in [3.63, 3.8) is 0 Å². The summed E-state index contributed by atoms with van der Waals surface area (Å²) in [5.41, 5.74) is -0.649. The SMILES string of the molecule is CC1CN(c2ccc(C=O)cc2C(F)(F)F)C(C)CO1. The van der Waals surface area contributed by atoms with Gasteiger partial charge in [0.05, 0.1) is 18.3 Å². The van der Waals surface area contributed by atoms with Gasteiger partial charge in [0.25, 0.3) is 0 Å². The van der Waals surface area contributed by atoms with E-state index in [0.717, 1.165) is 6.07 Å². The highest BCUT2D eigenvalue weighted by molar-refractivity contribution is 5.77. The highest BCUT2D eigenvalue weighted by atomic mass is 19.4. The third kappa shape index (κ3) is 2.95. The maximum atomic E-state index is 13.2. The van der Waals surface area contributed by atoms with Crippen LogP contribution < -0.4 is 4.90 Å². The van der Waals surface area contributed by atoms with Crippen LogP contribution in [-0.2, 0) is 10.9 Å². The van der Waals surface area contributed by atoms with Gasteiger partial charge in [-0.15, -0.1) is 0 Å². The number of hydrogen-bond donors (Lipinski definition) is 0. The summed E-state index contributed by atoms with van der Waals surface area (Å²) in [5.74, 6) is 0. The van der Waals surface area contributed by atoms with E-state index in [1.807, 2.05) is 13.8 Å². The van der Waals surface area contributed by atoms with E-state index in [0.29, 0.717) is 19.4 Å². The van der Waals surface area contributed by atoms with E-state index in [4.69, 9.17) is 4.74 Å². The molecule has 1 aliphatic rings. The predicted molar refractivity (Wildman–Crippen MR) is 69.1 cm³/mol. The van der Waals surface area contributed by atoms with Crippen molar-refractivity contribution in [1.82, 2.24) is 0 Å². The van der Waals surface area contributed by atoms with Gasteiger partial charge in [0, 0.05) is 23.8 Å². The van der Waals surface area contributed by atoms with Crippen LogP contribution in [0.25, 0.3) is 0 Å². The Labute approximate surface area is 115 Å². The van der Waals surface area contributed by atoms with Crippen molar-refractivity contribution < 1.29 is 22.7 Å². The van der Waals surface area contributed by atoms with Gasteiger partial charge in [0.15, 0.2) is 0 Å². The molecule has 1 aromatic carbocycles. The van der Waals surface area contributed by atoms with Crippen LogP contribution in [0.2, 0.25) is 0 Å². The standard InChI is InChI=1S/C14H16F3NO2/c1-9-8-20-10(2)6-18(9)13-4-3-11(7-19)5-12(13)14(15,16)17/h3-5,7,9-10H,6,8H2,1-2H3. The number of benzene rings is 1. The molecule has 2 rings (SSSR count). The average Bonchev–Trinajstić information content (AvgIpc) is 2.40. The molecule has 0 amide bonds. The Morgan fingerprint density at radius 1 is 1.35 bits per heavy atom. The number of aldehydes is 1. The van der Waals surface area contributed by atoms with Gasteiger partial charge in [-0.2, -0.15) is 13.2 Å². The maximum Gasteiger partial charge on any atom is 0.418 e. The molecular weight excluding hydrogens is 271 g/mol. The van der Waals surface area contributed by atoms with E-state index in [9.17, 15) is 18.0 Å². The summed E-state index contributed by atoms with van der Waals surface area (Å²) < 4.78 is 44.9. The molecule has 1 fully saturated rings. The highest BCUT2D eigenvalue weighted by Gasteiger charge is 2.37. The molecule has 0 aromatic heterocycles. The zero-order valence-corrected chi connectivity index (χ0v) is 11.3. The summed E-state index contributed by atoms with van der Waals surface area (Å²) in [4.78, 5) is 12.4. The van der Waals surface area contributed by atoms with E-state index in [2.05, 4.69) is 0 Å². The van der Waals surface area contributed by atoms with E-state index in [-0.39, 0.29) is 23.4 Å². The zero-order chi connectivity index (χ0) is 14.9. The van der Waals surface area contributed by atoms with Crippen LogP contribution in [0.1, 0.15) is 29.8 Å². The molecular formula is C14H16F3NO2. The van der Waals surface area contributed by atoms with Gasteiger partial charge >= 0.3 is 6.18 Å². The maximum absolute atomic E-state index is 13.2. The second kappa shape index (κ2) is 5.44. The Hall–Kier alpha value is -1.56. The normalized spacial score (nSPS) is 23.8. The lowest BCUT2D eigenvalue weighted by Gasteiger charge is -2.39. The molecule has 1 aliphatic heterocycles. The third-order valence-corrected chi connectivity index (χ3v) is 3.38. The van der Waals surface area contributed by atoms with Gasteiger partial charge in [-0.3, -0.25) is 4.79 Å². The molecule has 2 unspecified atom stereocenters. The van der Waals surface area contributed by atoms with Crippen LogP contribution in [0.4, 0.5) is 18.9 Å². The largest absolute Gasteiger partial charge is 0.418 e. The van der Waals surface area contributed by atoms with Crippen LogP contribution in [0.3, 0.4) is 0 Å². The molecule has 1 saturated heterocycles. The minimum absolute atomic E-state index is 0.0232. The molecule has 0 N–H and O–H groups in total. The lowest BCUT2D eigenvalue weighted by molar-refractivity contribution is -0.137. The number of hydrogen-bond acceptors (Lipinski definition) is 3. The summed E-state index contributed by atoms with van der Waals surface area (Å²) >= 11 is 0.